The van der Waals surface area contributed by atoms with Gasteiger partial charge in [0.1, 0.15) is 0 Å². The molecule has 5 heteroatoms. The number of aliphatic hydroxyl groups excluding tert-OH is 1. The number of ether oxygens (including phenoxy) is 1. The van der Waals surface area contributed by atoms with Crippen LogP contribution in [-0.4, -0.2) is 48.3 Å². The molecule has 1 amide bonds. The summed E-state index contributed by atoms with van der Waals surface area (Å²) in [6, 6.07) is -0.345. The molecule has 0 saturated carbocycles. The van der Waals surface area contributed by atoms with Crippen LogP contribution in [-0.2, 0) is 9.53 Å². The van der Waals surface area contributed by atoms with E-state index >= 15 is 0 Å². The molecule has 1 saturated heterocycles. The van der Waals surface area contributed by atoms with Crippen molar-refractivity contribution in [1.82, 2.24) is 4.90 Å². The van der Waals surface area contributed by atoms with E-state index in [0.29, 0.717) is 18.5 Å². The van der Waals surface area contributed by atoms with Crippen molar-refractivity contribution in [2.75, 3.05) is 20.3 Å². The molecular weight excluding hydrogens is 213 g/mol. The highest BCUT2D eigenvalue weighted by atomic mass is 19.1. The van der Waals surface area contributed by atoms with Gasteiger partial charge in [-0.25, -0.2) is 4.39 Å². The van der Waals surface area contributed by atoms with E-state index in [-0.39, 0.29) is 18.8 Å². The summed E-state index contributed by atoms with van der Waals surface area (Å²) in [5.74, 6) is -1.39. The zero-order chi connectivity index (χ0) is 12.3. The Labute approximate surface area is 94.7 Å². The van der Waals surface area contributed by atoms with Gasteiger partial charge in [-0.1, -0.05) is 0 Å². The number of likely N-dealkylation sites (tertiary alicyclic amines) is 1. The van der Waals surface area contributed by atoms with E-state index in [1.54, 1.807) is 21.0 Å². The molecule has 16 heavy (non-hydrogen) atoms. The van der Waals surface area contributed by atoms with Crippen LogP contribution in [0.1, 0.15) is 20.3 Å². The van der Waals surface area contributed by atoms with Crippen molar-refractivity contribution in [2.24, 2.45) is 0 Å². The van der Waals surface area contributed by atoms with Gasteiger partial charge in [0.25, 0.3) is 5.91 Å². The predicted molar refractivity (Wildman–Crippen MR) is 57.5 cm³/mol. The molecule has 1 fully saturated rings. The van der Waals surface area contributed by atoms with E-state index in [0.717, 1.165) is 0 Å². The fourth-order valence-corrected chi connectivity index (χ4v) is 1.81. The standard InChI is InChI=1S/C11H18FNO3/c1-7(2)10(12)11(15)13-5-9(16-3)4-8(13)6-14/h8-9,14H,4-6H2,1-3H3/t8-,9+/m0/s1. The smallest absolute Gasteiger partial charge is 0.282 e. The molecule has 1 heterocycles. The second-order valence-electron chi connectivity index (χ2n) is 4.20. The Balaban J connectivity index is 2.80. The van der Waals surface area contributed by atoms with Gasteiger partial charge in [-0.2, -0.15) is 0 Å². The van der Waals surface area contributed by atoms with Gasteiger partial charge in [0.2, 0.25) is 0 Å². The number of carbonyl (C=O) groups is 1. The van der Waals surface area contributed by atoms with E-state index < -0.39 is 11.7 Å². The summed E-state index contributed by atoms with van der Waals surface area (Å²) in [5.41, 5.74) is 0.350. The molecule has 0 spiro atoms. The largest absolute Gasteiger partial charge is 0.394 e. The highest BCUT2D eigenvalue weighted by Crippen LogP contribution is 2.22. The summed E-state index contributed by atoms with van der Waals surface area (Å²) < 4.78 is 18.6. The Hall–Kier alpha value is -0.940. The van der Waals surface area contributed by atoms with Crippen molar-refractivity contribution in [3.63, 3.8) is 0 Å². The third-order valence-corrected chi connectivity index (χ3v) is 2.81. The topological polar surface area (TPSA) is 49.8 Å². The molecule has 2 atom stereocenters. The molecule has 0 aromatic heterocycles. The Bertz CT molecular complexity index is 300. The van der Waals surface area contributed by atoms with Crippen molar-refractivity contribution in [1.29, 1.82) is 0 Å². The molecule has 0 bridgehead atoms. The van der Waals surface area contributed by atoms with Crippen LogP contribution in [0.5, 0.6) is 0 Å². The lowest BCUT2D eigenvalue weighted by Gasteiger charge is -2.22. The average molecular weight is 231 g/mol. The average Bonchev–Trinajstić information content (AvgIpc) is 2.69. The molecule has 0 aromatic carbocycles. The zero-order valence-electron chi connectivity index (χ0n) is 9.86. The number of rotatable bonds is 3. The number of halogens is 1. The summed E-state index contributed by atoms with van der Waals surface area (Å²) in [4.78, 5) is 13.1. The van der Waals surface area contributed by atoms with Crippen LogP contribution in [0.2, 0.25) is 0 Å². The Kier molecular flexibility index (Phi) is 4.44. The van der Waals surface area contributed by atoms with Gasteiger partial charge in [0.05, 0.1) is 18.8 Å². The Morgan fingerprint density at radius 3 is 2.62 bits per heavy atom. The molecule has 4 nitrogen and oxygen atoms in total. The maximum Gasteiger partial charge on any atom is 0.282 e. The molecule has 0 aliphatic carbocycles. The van der Waals surface area contributed by atoms with E-state index in [1.807, 2.05) is 0 Å². The number of hydrogen-bond donors (Lipinski definition) is 1. The third-order valence-electron chi connectivity index (χ3n) is 2.81. The fraction of sp³-hybridized carbons (Fsp3) is 0.727. The van der Waals surface area contributed by atoms with Crippen LogP contribution < -0.4 is 0 Å². The van der Waals surface area contributed by atoms with Crippen molar-refractivity contribution in [3.8, 4) is 0 Å². The third kappa shape index (κ3) is 2.59. The van der Waals surface area contributed by atoms with Crippen LogP contribution >= 0.6 is 0 Å². The van der Waals surface area contributed by atoms with Gasteiger partial charge in [0.15, 0.2) is 5.83 Å². The van der Waals surface area contributed by atoms with E-state index in [1.165, 1.54) is 4.90 Å². The van der Waals surface area contributed by atoms with Crippen LogP contribution in [0.25, 0.3) is 0 Å². The van der Waals surface area contributed by atoms with Crippen LogP contribution in [0.15, 0.2) is 11.4 Å². The van der Waals surface area contributed by atoms with Crippen molar-refractivity contribution in [2.45, 2.75) is 32.4 Å². The van der Waals surface area contributed by atoms with Gasteiger partial charge in [-0.15, -0.1) is 0 Å². The minimum atomic E-state index is -0.741. The summed E-state index contributed by atoms with van der Waals surface area (Å²) in [6.07, 6.45) is 0.431. The minimum absolute atomic E-state index is 0.119. The van der Waals surface area contributed by atoms with E-state index in [2.05, 4.69) is 0 Å². The first-order valence-electron chi connectivity index (χ1n) is 5.28. The maximum atomic E-state index is 13.5. The van der Waals surface area contributed by atoms with Gasteiger partial charge < -0.3 is 14.7 Å². The molecule has 1 N–H and O–H groups in total. The predicted octanol–water partition coefficient (Wildman–Crippen LogP) is 0.858. The summed E-state index contributed by atoms with van der Waals surface area (Å²) in [5, 5.41) is 9.13. The van der Waals surface area contributed by atoms with Crippen LogP contribution in [0.3, 0.4) is 0 Å². The second-order valence-corrected chi connectivity index (χ2v) is 4.20. The summed E-state index contributed by atoms with van der Waals surface area (Å²) >= 11 is 0. The van der Waals surface area contributed by atoms with Gasteiger partial charge in [0, 0.05) is 13.7 Å². The molecular formula is C11H18FNO3. The number of amides is 1. The highest BCUT2D eigenvalue weighted by molar-refractivity contribution is 5.92. The SMILES string of the molecule is CO[C@@H]1C[C@@H](CO)N(C(=O)C(F)=C(C)C)C1. The number of methoxy groups -OCH3 is 1. The van der Waals surface area contributed by atoms with Gasteiger partial charge in [-0.3, -0.25) is 4.79 Å². The quantitative estimate of drug-likeness (QED) is 0.733. The Morgan fingerprint density at radius 2 is 2.19 bits per heavy atom. The van der Waals surface area contributed by atoms with Crippen LogP contribution in [0, 0.1) is 0 Å². The first-order valence-corrected chi connectivity index (χ1v) is 5.28. The number of carbonyl (C=O) groups excluding carboxylic acids is 1. The molecule has 92 valence electrons. The molecule has 0 radical (unpaired) electrons. The summed E-state index contributed by atoms with van der Waals surface area (Å²) in [6.45, 7) is 3.26. The van der Waals surface area contributed by atoms with Gasteiger partial charge in [-0.05, 0) is 25.8 Å². The first kappa shape index (κ1) is 13.1. The lowest BCUT2D eigenvalue weighted by molar-refractivity contribution is -0.130. The second kappa shape index (κ2) is 5.41. The maximum absolute atomic E-state index is 13.5. The fourth-order valence-electron chi connectivity index (χ4n) is 1.81. The van der Waals surface area contributed by atoms with E-state index in [9.17, 15) is 9.18 Å². The number of nitrogens with zero attached hydrogens (tertiary/aromatic N) is 1. The number of allylic oxidation sites excluding steroid dienone is 1. The number of aliphatic hydroxyl groups is 1. The monoisotopic (exact) mass is 231 g/mol. The normalized spacial score (nSPS) is 24.7. The van der Waals surface area contributed by atoms with Crippen molar-refractivity contribution >= 4 is 5.91 Å². The van der Waals surface area contributed by atoms with Crippen molar-refractivity contribution in [3.05, 3.63) is 11.4 Å². The highest BCUT2D eigenvalue weighted by Gasteiger charge is 2.36. The molecule has 0 unspecified atom stereocenters. The lowest BCUT2D eigenvalue weighted by Crippen LogP contribution is -2.38. The van der Waals surface area contributed by atoms with Crippen molar-refractivity contribution < 1.29 is 19.0 Å². The molecule has 1 aliphatic heterocycles. The molecule has 1 aliphatic rings. The van der Waals surface area contributed by atoms with Gasteiger partial charge >= 0.3 is 0 Å². The lowest BCUT2D eigenvalue weighted by atomic mass is 10.2. The molecule has 0 aromatic rings. The first-order chi connectivity index (χ1) is 7.51. The zero-order valence-corrected chi connectivity index (χ0v) is 9.86. The van der Waals surface area contributed by atoms with Crippen LogP contribution in [0.4, 0.5) is 4.39 Å². The molecule has 1 rings (SSSR count). The van der Waals surface area contributed by atoms with E-state index in [4.69, 9.17) is 9.84 Å². The summed E-state index contributed by atoms with van der Waals surface area (Å²) in [7, 11) is 1.55. The number of hydrogen-bond acceptors (Lipinski definition) is 3. The Morgan fingerprint density at radius 1 is 1.56 bits per heavy atom. The minimum Gasteiger partial charge on any atom is -0.394 e.